The molecule has 0 saturated carbocycles. The highest BCUT2D eigenvalue weighted by atomic mass is 127. The zero-order valence-corrected chi connectivity index (χ0v) is 18.9. The van der Waals surface area contributed by atoms with Gasteiger partial charge in [-0.1, -0.05) is 23.7 Å². The van der Waals surface area contributed by atoms with Crippen LogP contribution < -0.4 is 5.14 Å². The number of nitrogens with zero attached hydrogens (tertiary/aromatic N) is 1. The van der Waals surface area contributed by atoms with Gasteiger partial charge in [0.25, 0.3) is 0 Å². The van der Waals surface area contributed by atoms with Crippen LogP contribution in [0.1, 0.15) is 5.69 Å². The van der Waals surface area contributed by atoms with Gasteiger partial charge in [0.05, 0.1) is 14.2 Å². The Bertz CT molecular complexity index is 1040. The van der Waals surface area contributed by atoms with Crippen LogP contribution in [0.2, 0.25) is 5.02 Å². The molecule has 0 aliphatic heterocycles. The van der Waals surface area contributed by atoms with E-state index in [2.05, 4.69) is 49.7 Å². The predicted octanol–water partition coefficient (Wildman–Crippen LogP) is 4.96. The summed E-state index contributed by atoms with van der Waals surface area (Å²) in [5, 5.41) is 5.87. The van der Waals surface area contributed by atoms with Gasteiger partial charge in [-0.2, -0.15) is 0 Å². The maximum absolute atomic E-state index is 11.5. The van der Waals surface area contributed by atoms with E-state index < -0.39 is 10.0 Å². The molecule has 0 unspecified atom stereocenters. The van der Waals surface area contributed by atoms with Gasteiger partial charge in [0, 0.05) is 20.0 Å². The van der Waals surface area contributed by atoms with Gasteiger partial charge in [-0.3, -0.25) is 0 Å². The average molecular weight is 599 g/mol. The Balaban J connectivity index is 2.23. The van der Waals surface area contributed by atoms with Crippen LogP contribution in [0.5, 0.6) is 0 Å². The quantitative estimate of drug-likeness (QED) is 0.434. The van der Waals surface area contributed by atoms with Crippen molar-refractivity contribution in [2.75, 3.05) is 0 Å². The first-order chi connectivity index (χ1) is 11.7. The summed E-state index contributed by atoms with van der Waals surface area (Å²) in [7, 11) is -3.71. The Morgan fingerprint density at radius 1 is 0.960 bits per heavy atom. The first-order valence-corrected chi connectivity index (χ1v) is 11.2. The van der Waals surface area contributed by atoms with Crippen molar-refractivity contribution < 1.29 is 8.42 Å². The molecule has 1 heterocycles. The number of hydrogen-bond acceptors (Lipinski definition) is 2. The van der Waals surface area contributed by atoms with Crippen molar-refractivity contribution in [3.8, 4) is 16.9 Å². The standard InChI is InChI=1S/C17H13ClI2N2O2S/c1-10-15(19)16(20)17(11-2-4-12(18)5-3-11)22(10)13-6-8-14(9-7-13)25(21,23)24/h2-9H,1H3,(H2,21,23,24). The topological polar surface area (TPSA) is 65.1 Å². The summed E-state index contributed by atoms with van der Waals surface area (Å²) in [5.41, 5.74) is 4.03. The molecule has 0 amide bonds. The number of hydrogen-bond donors (Lipinski definition) is 1. The minimum atomic E-state index is -3.71. The van der Waals surface area contributed by atoms with Gasteiger partial charge in [0.1, 0.15) is 0 Å². The van der Waals surface area contributed by atoms with E-state index in [1.165, 1.54) is 12.1 Å². The molecule has 3 rings (SSSR count). The molecule has 0 aliphatic carbocycles. The Kier molecular flexibility index (Phi) is 5.50. The maximum Gasteiger partial charge on any atom is 0.238 e. The number of primary sulfonamides is 1. The fraction of sp³-hybridized carbons (Fsp3) is 0.0588. The smallest absolute Gasteiger partial charge is 0.238 e. The van der Waals surface area contributed by atoms with Gasteiger partial charge in [0.2, 0.25) is 10.0 Å². The molecular formula is C17H13ClI2N2O2S. The normalized spacial score (nSPS) is 11.7. The molecule has 130 valence electrons. The van der Waals surface area contributed by atoms with E-state index >= 15 is 0 Å². The predicted molar refractivity (Wildman–Crippen MR) is 118 cm³/mol. The van der Waals surface area contributed by atoms with Crippen LogP contribution in [-0.4, -0.2) is 13.0 Å². The molecule has 8 heteroatoms. The largest absolute Gasteiger partial charge is 0.312 e. The fourth-order valence-electron chi connectivity index (χ4n) is 2.60. The third kappa shape index (κ3) is 3.75. The summed E-state index contributed by atoms with van der Waals surface area (Å²) in [6.07, 6.45) is 0. The molecule has 0 saturated heterocycles. The Morgan fingerprint density at radius 3 is 2.04 bits per heavy atom. The van der Waals surface area contributed by atoms with Crippen molar-refractivity contribution in [2.24, 2.45) is 5.14 Å². The minimum Gasteiger partial charge on any atom is -0.312 e. The summed E-state index contributed by atoms with van der Waals surface area (Å²) in [5.74, 6) is 0. The van der Waals surface area contributed by atoms with E-state index in [9.17, 15) is 8.42 Å². The SMILES string of the molecule is Cc1c(I)c(I)c(-c2ccc(Cl)cc2)n1-c1ccc(S(N)(=O)=O)cc1. The van der Waals surface area contributed by atoms with Crippen molar-refractivity contribution in [2.45, 2.75) is 11.8 Å². The summed E-state index contributed by atoms with van der Waals surface area (Å²) < 4.78 is 27.4. The van der Waals surface area contributed by atoms with Gasteiger partial charge < -0.3 is 4.57 Å². The highest BCUT2D eigenvalue weighted by Crippen LogP contribution is 2.36. The molecular weight excluding hydrogens is 586 g/mol. The zero-order chi connectivity index (χ0) is 18.4. The first-order valence-electron chi connectivity index (χ1n) is 7.15. The first kappa shape index (κ1) is 19.2. The molecule has 0 spiro atoms. The van der Waals surface area contributed by atoms with Crippen LogP contribution in [0.3, 0.4) is 0 Å². The second-order valence-electron chi connectivity index (χ2n) is 5.44. The lowest BCUT2D eigenvalue weighted by atomic mass is 10.1. The van der Waals surface area contributed by atoms with E-state index in [0.717, 1.165) is 29.8 Å². The molecule has 2 N–H and O–H groups in total. The Hall–Kier alpha value is -0.620. The van der Waals surface area contributed by atoms with Crippen molar-refractivity contribution in [3.05, 3.63) is 66.4 Å². The molecule has 1 aromatic heterocycles. The zero-order valence-electron chi connectivity index (χ0n) is 13.0. The van der Waals surface area contributed by atoms with Crippen LogP contribution in [-0.2, 0) is 10.0 Å². The minimum absolute atomic E-state index is 0.0958. The van der Waals surface area contributed by atoms with Crippen molar-refractivity contribution in [1.29, 1.82) is 0 Å². The second kappa shape index (κ2) is 7.18. The summed E-state index contributed by atoms with van der Waals surface area (Å²) in [4.78, 5) is 0.0958. The molecule has 0 fully saturated rings. The molecule has 4 nitrogen and oxygen atoms in total. The fourth-order valence-corrected chi connectivity index (χ4v) is 4.68. The molecule has 0 aliphatic rings. The Morgan fingerprint density at radius 2 is 1.52 bits per heavy atom. The molecule has 2 aromatic carbocycles. The number of benzene rings is 2. The third-order valence-electron chi connectivity index (χ3n) is 3.82. The van der Waals surface area contributed by atoms with Crippen LogP contribution in [0, 0.1) is 14.1 Å². The molecule has 0 atom stereocenters. The van der Waals surface area contributed by atoms with Gasteiger partial charge in [-0.15, -0.1) is 0 Å². The molecule has 0 radical (unpaired) electrons. The lowest BCUT2D eigenvalue weighted by Crippen LogP contribution is -2.12. The van der Waals surface area contributed by atoms with E-state index in [0.29, 0.717) is 5.02 Å². The summed E-state index contributed by atoms with van der Waals surface area (Å²) >= 11 is 10.7. The van der Waals surface area contributed by atoms with Crippen molar-refractivity contribution in [3.63, 3.8) is 0 Å². The van der Waals surface area contributed by atoms with Crippen LogP contribution in [0.4, 0.5) is 0 Å². The van der Waals surface area contributed by atoms with Crippen molar-refractivity contribution in [1.82, 2.24) is 4.57 Å². The number of nitrogens with two attached hydrogens (primary N) is 1. The van der Waals surface area contributed by atoms with Crippen LogP contribution in [0.15, 0.2) is 53.4 Å². The molecule has 0 bridgehead atoms. The summed E-state index contributed by atoms with van der Waals surface area (Å²) in [6, 6.07) is 14.2. The Labute approximate surface area is 178 Å². The van der Waals surface area contributed by atoms with Crippen LogP contribution in [0.25, 0.3) is 16.9 Å². The van der Waals surface area contributed by atoms with Gasteiger partial charge >= 0.3 is 0 Å². The molecule has 25 heavy (non-hydrogen) atoms. The lowest BCUT2D eigenvalue weighted by Gasteiger charge is -2.13. The number of halogens is 3. The third-order valence-corrected chi connectivity index (χ3v) is 8.40. The van der Waals surface area contributed by atoms with E-state index in [1.54, 1.807) is 12.1 Å². The maximum atomic E-state index is 11.5. The second-order valence-corrected chi connectivity index (χ2v) is 9.60. The summed E-state index contributed by atoms with van der Waals surface area (Å²) in [6.45, 7) is 2.04. The number of sulfonamides is 1. The van der Waals surface area contributed by atoms with E-state index in [-0.39, 0.29) is 4.90 Å². The van der Waals surface area contributed by atoms with E-state index in [4.69, 9.17) is 16.7 Å². The van der Waals surface area contributed by atoms with E-state index in [1.807, 2.05) is 31.2 Å². The highest BCUT2D eigenvalue weighted by Gasteiger charge is 2.20. The molecule has 3 aromatic rings. The number of aromatic nitrogens is 1. The average Bonchev–Trinajstić information content (AvgIpc) is 2.79. The van der Waals surface area contributed by atoms with Gasteiger partial charge in [0.15, 0.2) is 0 Å². The lowest BCUT2D eigenvalue weighted by molar-refractivity contribution is 0.598. The number of rotatable bonds is 3. The highest BCUT2D eigenvalue weighted by molar-refractivity contribution is 14.1. The van der Waals surface area contributed by atoms with Gasteiger partial charge in [-0.05, 0) is 94.1 Å². The van der Waals surface area contributed by atoms with Crippen molar-refractivity contribution >= 4 is 66.8 Å². The van der Waals surface area contributed by atoms with Crippen LogP contribution >= 0.6 is 56.8 Å². The van der Waals surface area contributed by atoms with Gasteiger partial charge in [-0.25, -0.2) is 13.6 Å². The monoisotopic (exact) mass is 598 g/mol.